The highest BCUT2D eigenvalue weighted by atomic mass is 16.2. The summed E-state index contributed by atoms with van der Waals surface area (Å²) in [7, 11) is 1.68. The first-order chi connectivity index (χ1) is 8.45. The first-order valence-electron chi connectivity index (χ1n) is 6.15. The number of likely N-dealkylation sites (N-methyl/N-ethyl adjacent to an activating group) is 1. The van der Waals surface area contributed by atoms with E-state index in [2.05, 4.69) is 5.32 Å². The lowest BCUT2D eigenvalue weighted by Gasteiger charge is -2.22. The van der Waals surface area contributed by atoms with Gasteiger partial charge in [-0.25, -0.2) is 0 Å². The molecule has 1 heterocycles. The van der Waals surface area contributed by atoms with Crippen LogP contribution >= 0.6 is 0 Å². The zero-order valence-electron chi connectivity index (χ0n) is 11.2. The van der Waals surface area contributed by atoms with Crippen molar-refractivity contribution in [3.05, 3.63) is 28.8 Å². The van der Waals surface area contributed by atoms with Gasteiger partial charge in [0.05, 0.1) is 11.3 Å². The summed E-state index contributed by atoms with van der Waals surface area (Å²) in [5.41, 5.74) is 3.19. The van der Waals surface area contributed by atoms with Gasteiger partial charge >= 0.3 is 0 Å². The van der Waals surface area contributed by atoms with E-state index in [-0.39, 0.29) is 11.8 Å². The lowest BCUT2D eigenvalue weighted by Crippen LogP contribution is -2.42. The molecule has 0 radical (unpaired) electrons. The minimum atomic E-state index is -0.399. The van der Waals surface area contributed by atoms with E-state index >= 15 is 0 Å². The van der Waals surface area contributed by atoms with Gasteiger partial charge in [0.15, 0.2) is 0 Å². The lowest BCUT2D eigenvalue weighted by molar-refractivity contribution is -0.120. The number of carbonyl (C=O) groups is 2. The van der Waals surface area contributed by atoms with E-state index in [0.29, 0.717) is 17.7 Å². The van der Waals surface area contributed by atoms with Crippen LogP contribution in [0, 0.1) is 13.8 Å². The van der Waals surface area contributed by atoms with Crippen LogP contribution in [0.4, 0.5) is 5.69 Å². The Bertz CT molecular complexity index is 523. The van der Waals surface area contributed by atoms with E-state index in [1.165, 1.54) is 4.90 Å². The number of anilines is 1. The van der Waals surface area contributed by atoms with Crippen molar-refractivity contribution in [1.29, 1.82) is 0 Å². The number of rotatable bonds is 1. The lowest BCUT2D eigenvalue weighted by atomic mass is 10.0. The van der Waals surface area contributed by atoms with E-state index < -0.39 is 6.04 Å². The van der Waals surface area contributed by atoms with Crippen LogP contribution in [0.25, 0.3) is 0 Å². The Morgan fingerprint density at radius 3 is 2.56 bits per heavy atom. The van der Waals surface area contributed by atoms with Crippen LogP contribution in [-0.4, -0.2) is 29.8 Å². The van der Waals surface area contributed by atoms with Gasteiger partial charge in [-0.2, -0.15) is 0 Å². The van der Waals surface area contributed by atoms with Crippen molar-refractivity contribution in [3.63, 3.8) is 0 Å². The van der Waals surface area contributed by atoms with Crippen molar-refractivity contribution in [3.8, 4) is 0 Å². The molecule has 1 aromatic rings. The second-order valence-electron chi connectivity index (χ2n) is 4.83. The highest BCUT2D eigenvalue weighted by molar-refractivity contribution is 6.10. The number of hydrogen-bond acceptors (Lipinski definition) is 2. The Hall–Kier alpha value is -1.84. The maximum Gasteiger partial charge on any atom is 0.256 e. The number of nitrogens with one attached hydrogen (secondary N) is 1. The Kier molecular flexibility index (Phi) is 3.11. The van der Waals surface area contributed by atoms with Gasteiger partial charge in [-0.15, -0.1) is 0 Å². The van der Waals surface area contributed by atoms with E-state index in [1.54, 1.807) is 7.05 Å². The van der Waals surface area contributed by atoms with Crippen molar-refractivity contribution in [2.24, 2.45) is 0 Å². The summed E-state index contributed by atoms with van der Waals surface area (Å²) in [5.74, 6) is -0.207. The molecule has 1 N–H and O–H groups in total. The summed E-state index contributed by atoms with van der Waals surface area (Å²) >= 11 is 0. The molecule has 0 bridgehead atoms. The molecule has 2 rings (SSSR count). The minimum absolute atomic E-state index is 0.0954. The van der Waals surface area contributed by atoms with E-state index in [0.717, 1.165) is 11.1 Å². The summed E-state index contributed by atoms with van der Waals surface area (Å²) < 4.78 is 0. The van der Waals surface area contributed by atoms with E-state index in [4.69, 9.17) is 0 Å². The van der Waals surface area contributed by atoms with E-state index in [9.17, 15) is 9.59 Å². The van der Waals surface area contributed by atoms with Crippen LogP contribution in [0.3, 0.4) is 0 Å². The summed E-state index contributed by atoms with van der Waals surface area (Å²) in [5, 5.41) is 2.88. The third-order valence-corrected chi connectivity index (χ3v) is 3.44. The topological polar surface area (TPSA) is 49.4 Å². The SMILES string of the molecule is CCC1C(=O)Nc2c(C)cc(C)cc2C(=O)N1C. The molecule has 4 heteroatoms. The van der Waals surface area contributed by atoms with E-state index in [1.807, 2.05) is 32.9 Å². The Morgan fingerprint density at radius 1 is 1.28 bits per heavy atom. The predicted molar refractivity (Wildman–Crippen MR) is 70.7 cm³/mol. The Morgan fingerprint density at radius 2 is 1.94 bits per heavy atom. The predicted octanol–water partition coefficient (Wildman–Crippen LogP) is 2.11. The molecule has 2 amide bonds. The number of aryl methyl sites for hydroxylation is 2. The van der Waals surface area contributed by atoms with Crippen LogP contribution in [0.15, 0.2) is 12.1 Å². The maximum atomic E-state index is 12.4. The third kappa shape index (κ3) is 1.88. The fourth-order valence-electron chi connectivity index (χ4n) is 2.48. The van der Waals surface area contributed by atoms with Gasteiger partial charge in [0, 0.05) is 7.05 Å². The molecule has 0 saturated heterocycles. The number of nitrogens with zero attached hydrogens (tertiary/aromatic N) is 1. The molecule has 1 aromatic carbocycles. The first-order valence-corrected chi connectivity index (χ1v) is 6.15. The summed E-state index contributed by atoms with van der Waals surface area (Å²) in [6.45, 7) is 5.76. The van der Waals surface area contributed by atoms with Crippen molar-refractivity contribution in [2.75, 3.05) is 12.4 Å². The van der Waals surface area contributed by atoms with Gasteiger partial charge < -0.3 is 10.2 Å². The summed E-state index contributed by atoms with van der Waals surface area (Å²) in [4.78, 5) is 26.0. The number of amides is 2. The quantitative estimate of drug-likeness (QED) is 0.825. The zero-order valence-corrected chi connectivity index (χ0v) is 11.2. The monoisotopic (exact) mass is 246 g/mol. The highest BCUT2D eigenvalue weighted by Gasteiger charge is 2.32. The van der Waals surface area contributed by atoms with Crippen LogP contribution in [-0.2, 0) is 4.79 Å². The molecule has 18 heavy (non-hydrogen) atoms. The zero-order chi connectivity index (χ0) is 13.4. The molecule has 0 aromatic heterocycles. The average Bonchev–Trinajstić information content (AvgIpc) is 2.39. The largest absolute Gasteiger partial charge is 0.330 e. The van der Waals surface area contributed by atoms with Crippen LogP contribution in [0.2, 0.25) is 0 Å². The number of fused-ring (bicyclic) bond motifs is 1. The smallest absolute Gasteiger partial charge is 0.256 e. The molecule has 0 saturated carbocycles. The number of benzene rings is 1. The second kappa shape index (κ2) is 4.44. The summed E-state index contributed by atoms with van der Waals surface area (Å²) in [6.07, 6.45) is 0.611. The molecule has 1 aliphatic heterocycles. The average molecular weight is 246 g/mol. The summed E-state index contributed by atoms with van der Waals surface area (Å²) in [6, 6.07) is 3.41. The standard InChI is InChI=1S/C14H18N2O2/c1-5-11-13(17)15-12-9(3)6-8(2)7-10(12)14(18)16(11)4/h6-7,11H,5H2,1-4H3,(H,15,17). The van der Waals surface area contributed by atoms with Crippen molar-refractivity contribution >= 4 is 17.5 Å². The molecule has 96 valence electrons. The molecule has 1 aliphatic rings. The van der Waals surface area contributed by atoms with Crippen LogP contribution in [0.5, 0.6) is 0 Å². The van der Waals surface area contributed by atoms with Gasteiger partial charge in [0.25, 0.3) is 5.91 Å². The third-order valence-electron chi connectivity index (χ3n) is 3.44. The Labute approximate surface area is 107 Å². The molecule has 0 aliphatic carbocycles. The van der Waals surface area contributed by atoms with Gasteiger partial charge in [-0.05, 0) is 37.5 Å². The minimum Gasteiger partial charge on any atom is -0.330 e. The molecule has 0 fully saturated rings. The molecular formula is C14H18N2O2. The van der Waals surface area contributed by atoms with Crippen LogP contribution < -0.4 is 5.32 Å². The van der Waals surface area contributed by atoms with Gasteiger partial charge in [-0.3, -0.25) is 9.59 Å². The fourth-order valence-corrected chi connectivity index (χ4v) is 2.48. The fraction of sp³-hybridized carbons (Fsp3) is 0.429. The first kappa shape index (κ1) is 12.6. The number of hydrogen-bond donors (Lipinski definition) is 1. The maximum absolute atomic E-state index is 12.4. The molecule has 0 spiro atoms. The van der Waals surface area contributed by atoms with Gasteiger partial charge in [0.2, 0.25) is 5.91 Å². The highest BCUT2D eigenvalue weighted by Crippen LogP contribution is 2.28. The molecule has 1 unspecified atom stereocenters. The van der Waals surface area contributed by atoms with Crippen molar-refractivity contribution in [1.82, 2.24) is 4.90 Å². The second-order valence-corrected chi connectivity index (χ2v) is 4.83. The number of carbonyl (C=O) groups excluding carboxylic acids is 2. The van der Waals surface area contributed by atoms with Crippen molar-refractivity contribution < 1.29 is 9.59 Å². The Balaban J connectivity index is 2.60. The van der Waals surface area contributed by atoms with Crippen LogP contribution in [0.1, 0.15) is 34.8 Å². The molecule has 1 atom stereocenters. The molecule has 4 nitrogen and oxygen atoms in total. The van der Waals surface area contributed by atoms with Gasteiger partial charge in [-0.1, -0.05) is 13.0 Å². The van der Waals surface area contributed by atoms with Crippen molar-refractivity contribution in [2.45, 2.75) is 33.2 Å². The van der Waals surface area contributed by atoms with Gasteiger partial charge in [0.1, 0.15) is 6.04 Å². The molecular weight excluding hydrogens is 228 g/mol. The normalized spacial score (nSPS) is 19.3.